The molecule has 3 unspecified atom stereocenters. The zero-order valence-corrected chi connectivity index (χ0v) is 13.8. The summed E-state index contributed by atoms with van der Waals surface area (Å²) in [5.74, 6) is 0.420. The number of benzene rings is 1. The minimum atomic E-state index is -3.08. The number of rotatable bonds is 4. The Morgan fingerprint density at radius 1 is 1.38 bits per heavy atom. The molecule has 4 nitrogen and oxygen atoms in total. The monoisotopic (exact) mass is 332 g/mol. The van der Waals surface area contributed by atoms with Crippen LogP contribution in [0.4, 0.5) is 0 Å². The summed E-state index contributed by atoms with van der Waals surface area (Å²) in [5, 5.41) is 10.7. The first-order valence-electron chi connectivity index (χ1n) is 7.04. The van der Waals surface area contributed by atoms with Gasteiger partial charge in [-0.2, -0.15) is 0 Å². The van der Waals surface area contributed by atoms with Gasteiger partial charge in [-0.15, -0.1) is 0 Å². The lowest BCUT2D eigenvalue weighted by Crippen LogP contribution is -2.30. The fourth-order valence-corrected chi connectivity index (χ4v) is 4.54. The van der Waals surface area contributed by atoms with E-state index in [1.54, 1.807) is 18.2 Å². The van der Waals surface area contributed by atoms with Crippen molar-refractivity contribution in [3.05, 3.63) is 28.8 Å². The SMILES string of the molecule is COc1cccc(Cl)c1C(O)C1CCCC(S(C)(=O)=O)C1. The summed E-state index contributed by atoms with van der Waals surface area (Å²) in [6, 6.07) is 5.22. The fourth-order valence-electron chi connectivity index (χ4n) is 3.07. The summed E-state index contributed by atoms with van der Waals surface area (Å²) in [6.45, 7) is 0. The maximum absolute atomic E-state index is 11.7. The molecule has 0 heterocycles. The van der Waals surface area contributed by atoms with E-state index in [0.717, 1.165) is 12.8 Å². The van der Waals surface area contributed by atoms with Crippen molar-refractivity contribution in [2.24, 2.45) is 5.92 Å². The topological polar surface area (TPSA) is 63.6 Å². The van der Waals surface area contributed by atoms with E-state index in [0.29, 0.717) is 29.2 Å². The third kappa shape index (κ3) is 3.71. The summed E-state index contributed by atoms with van der Waals surface area (Å²) in [6.07, 6.45) is 3.19. The van der Waals surface area contributed by atoms with Gasteiger partial charge < -0.3 is 9.84 Å². The molecule has 1 aromatic carbocycles. The Morgan fingerprint density at radius 3 is 2.71 bits per heavy atom. The molecule has 1 aliphatic rings. The molecule has 0 bridgehead atoms. The van der Waals surface area contributed by atoms with Crippen LogP contribution in [0.15, 0.2) is 18.2 Å². The van der Waals surface area contributed by atoms with Crippen molar-refractivity contribution >= 4 is 21.4 Å². The zero-order chi connectivity index (χ0) is 15.6. The first-order chi connectivity index (χ1) is 9.84. The van der Waals surface area contributed by atoms with Gasteiger partial charge in [0, 0.05) is 11.8 Å². The second-order valence-corrected chi connectivity index (χ2v) is 8.41. The van der Waals surface area contributed by atoms with Crippen molar-refractivity contribution in [1.82, 2.24) is 0 Å². The van der Waals surface area contributed by atoms with Gasteiger partial charge in [-0.1, -0.05) is 24.1 Å². The third-order valence-corrected chi connectivity index (χ3v) is 6.22. The van der Waals surface area contributed by atoms with Gasteiger partial charge >= 0.3 is 0 Å². The van der Waals surface area contributed by atoms with E-state index < -0.39 is 15.9 Å². The number of ether oxygens (including phenoxy) is 1. The molecule has 1 aromatic rings. The van der Waals surface area contributed by atoms with Crippen LogP contribution >= 0.6 is 11.6 Å². The molecule has 6 heteroatoms. The number of sulfone groups is 1. The van der Waals surface area contributed by atoms with Gasteiger partial charge in [0.1, 0.15) is 15.6 Å². The number of aliphatic hydroxyl groups is 1. The largest absolute Gasteiger partial charge is 0.496 e. The molecule has 0 aromatic heterocycles. The van der Waals surface area contributed by atoms with Gasteiger partial charge in [-0.25, -0.2) is 8.42 Å². The Labute approximate surface area is 131 Å². The molecule has 0 amide bonds. The zero-order valence-electron chi connectivity index (χ0n) is 12.3. The number of halogens is 1. The Bertz CT molecular complexity index is 600. The van der Waals surface area contributed by atoms with Crippen LogP contribution < -0.4 is 4.74 Å². The summed E-state index contributed by atoms with van der Waals surface area (Å²) in [5.41, 5.74) is 0.556. The summed E-state index contributed by atoms with van der Waals surface area (Å²) < 4.78 is 28.8. The molecule has 3 atom stereocenters. The molecule has 1 fully saturated rings. The van der Waals surface area contributed by atoms with Gasteiger partial charge in [0.05, 0.1) is 23.5 Å². The fraction of sp³-hybridized carbons (Fsp3) is 0.600. The Morgan fingerprint density at radius 2 is 2.10 bits per heavy atom. The Hall–Kier alpha value is -0.780. The average molecular weight is 333 g/mol. The van der Waals surface area contributed by atoms with Crippen LogP contribution in [-0.2, 0) is 9.84 Å². The third-order valence-electron chi connectivity index (χ3n) is 4.25. The second kappa shape index (κ2) is 6.55. The minimum absolute atomic E-state index is 0.118. The highest BCUT2D eigenvalue weighted by molar-refractivity contribution is 7.91. The van der Waals surface area contributed by atoms with Crippen molar-refractivity contribution in [2.75, 3.05) is 13.4 Å². The van der Waals surface area contributed by atoms with Crippen molar-refractivity contribution in [1.29, 1.82) is 0 Å². The molecule has 21 heavy (non-hydrogen) atoms. The molecule has 0 spiro atoms. The van der Waals surface area contributed by atoms with Crippen molar-refractivity contribution in [2.45, 2.75) is 37.0 Å². The van der Waals surface area contributed by atoms with E-state index in [2.05, 4.69) is 0 Å². The van der Waals surface area contributed by atoms with Gasteiger partial charge in [-0.3, -0.25) is 0 Å². The van der Waals surface area contributed by atoms with E-state index in [4.69, 9.17) is 16.3 Å². The lowest BCUT2D eigenvalue weighted by atomic mass is 9.82. The predicted molar refractivity (Wildman–Crippen MR) is 83.6 cm³/mol. The van der Waals surface area contributed by atoms with Crippen molar-refractivity contribution in [3.63, 3.8) is 0 Å². The predicted octanol–water partition coefficient (Wildman–Crippen LogP) is 2.99. The van der Waals surface area contributed by atoms with Gasteiger partial charge in [0.25, 0.3) is 0 Å². The quantitative estimate of drug-likeness (QED) is 0.920. The molecule has 2 rings (SSSR count). The van der Waals surface area contributed by atoms with Crippen molar-refractivity contribution in [3.8, 4) is 5.75 Å². The highest BCUT2D eigenvalue weighted by Gasteiger charge is 2.34. The van der Waals surface area contributed by atoms with E-state index >= 15 is 0 Å². The lowest BCUT2D eigenvalue weighted by Gasteiger charge is -2.32. The molecular formula is C15H21ClO4S. The number of aliphatic hydroxyl groups excluding tert-OH is 1. The Kier molecular flexibility index (Phi) is 5.17. The van der Waals surface area contributed by atoms with Crippen LogP contribution in [0.2, 0.25) is 5.02 Å². The normalized spacial score (nSPS) is 24.6. The maximum Gasteiger partial charge on any atom is 0.150 e. The smallest absolute Gasteiger partial charge is 0.150 e. The van der Waals surface area contributed by atoms with Gasteiger partial charge in [-0.05, 0) is 37.3 Å². The summed E-state index contributed by atoms with van der Waals surface area (Å²) in [4.78, 5) is 0. The highest BCUT2D eigenvalue weighted by Crippen LogP contribution is 2.42. The van der Waals surface area contributed by atoms with E-state index in [1.807, 2.05) is 0 Å². The standard InChI is InChI=1S/C15H21ClO4S/c1-20-13-8-4-7-12(16)14(13)15(17)10-5-3-6-11(9-10)21(2,18)19/h4,7-8,10-11,15,17H,3,5-6,9H2,1-2H3. The van der Waals surface area contributed by atoms with Crippen LogP contribution in [0.3, 0.4) is 0 Å². The van der Waals surface area contributed by atoms with E-state index in [1.165, 1.54) is 13.4 Å². The van der Waals surface area contributed by atoms with Gasteiger partial charge in [0.15, 0.2) is 0 Å². The molecule has 0 radical (unpaired) electrons. The van der Waals surface area contributed by atoms with Crippen LogP contribution in [-0.4, -0.2) is 32.1 Å². The molecule has 1 saturated carbocycles. The van der Waals surface area contributed by atoms with Crippen molar-refractivity contribution < 1.29 is 18.3 Å². The first kappa shape index (κ1) is 16.6. The van der Waals surface area contributed by atoms with E-state index in [9.17, 15) is 13.5 Å². The summed E-state index contributed by atoms with van der Waals surface area (Å²) in [7, 11) is -1.55. The molecule has 118 valence electrons. The average Bonchev–Trinajstić information content (AvgIpc) is 2.45. The summed E-state index contributed by atoms with van der Waals surface area (Å²) >= 11 is 6.19. The first-order valence-corrected chi connectivity index (χ1v) is 9.37. The molecule has 1 N–H and O–H groups in total. The molecular weight excluding hydrogens is 312 g/mol. The maximum atomic E-state index is 11.7. The minimum Gasteiger partial charge on any atom is -0.496 e. The molecule has 0 aliphatic heterocycles. The number of hydrogen-bond acceptors (Lipinski definition) is 4. The van der Waals surface area contributed by atoms with Gasteiger partial charge in [0.2, 0.25) is 0 Å². The Balaban J connectivity index is 2.26. The second-order valence-electron chi connectivity index (χ2n) is 5.68. The number of methoxy groups -OCH3 is 1. The number of hydrogen-bond donors (Lipinski definition) is 1. The lowest BCUT2D eigenvalue weighted by molar-refractivity contribution is 0.0834. The van der Waals surface area contributed by atoms with E-state index in [-0.39, 0.29) is 11.2 Å². The van der Waals surface area contributed by atoms with Crippen LogP contribution in [0.25, 0.3) is 0 Å². The van der Waals surface area contributed by atoms with Crippen LogP contribution in [0, 0.1) is 5.92 Å². The highest BCUT2D eigenvalue weighted by atomic mass is 35.5. The van der Waals surface area contributed by atoms with Crippen LogP contribution in [0.1, 0.15) is 37.4 Å². The van der Waals surface area contributed by atoms with Crippen LogP contribution in [0.5, 0.6) is 5.75 Å². The molecule has 0 saturated heterocycles. The molecule has 1 aliphatic carbocycles.